The lowest BCUT2D eigenvalue weighted by Crippen LogP contribution is -2.28. The van der Waals surface area contributed by atoms with Gasteiger partial charge in [-0.05, 0) is 31.4 Å². The van der Waals surface area contributed by atoms with Crippen molar-refractivity contribution in [2.45, 2.75) is 39.0 Å². The normalized spacial score (nSPS) is 11.2. The molecule has 0 radical (unpaired) electrons. The minimum absolute atomic E-state index is 0.615. The van der Waals surface area contributed by atoms with E-state index in [2.05, 4.69) is 12.1 Å². The number of nitroso groups, excluding NO2 is 1. The highest BCUT2D eigenvalue weighted by Crippen LogP contribution is 2.28. The Morgan fingerprint density at radius 3 is 2.50 bits per heavy atom. The number of nitrogens with zero attached hydrogens (tertiary/aromatic N) is 1. The first kappa shape index (κ1) is 12.6. The molecule has 0 aliphatic carbocycles. The van der Waals surface area contributed by atoms with Gasteiger partial charge in [0.15, 0.2) is 0 Å². The fraction of sp³-hybridized carbons (Fsp3) is 0.462. The van der Waals surface area contributed by atoms with Gasteiger partial charge in [0.05, 0.1) is 5.41 Å². The fourth-order valence-corrected chi connectivity index (χ4v) is 1.85. The van der Waals surface area contributed by atoms with E-state index in [9.17, 15) is 9.70 Å². The van der Waals surface area contributed by atoms with Crippen LogP contribution in [0.25, 0.3) is 0 Å². The molecular weight excluding hydrogens is 202 g/mol. The van der Waals surface area contributed by atoms with E-state index in [4.69, 9.17) is 0 Å². The van der Waals surface area contributed by atoms with Crippen LogP contribution < -0.4 is 0 Å². The Morgan fingerprint density at radius 2 is 1.94 bits per heavy atom. The molecule has 1 aromatic rings. The van der Waals surface area contributed by atoms with Crippen molar-refractivity contribution in [1.29, 1.82) is 0 Å². The third kappa shape index (κ3) is 2.35. The lowest BCUT2D eigenvalue weighted by molar-refractivity contribution is -0.122. The van der Waals surface area contributed by atoms with Crippen LogP contribution in [0.3, 0.4) is 0 Å². The van der Waals surface area contributed by atoms with Crippen molar-refractivity contribution in [2.24, 2.45) is 5.18 Å². The van der Waals surface area contributed by atoms with Crippen molar-refractivity contribution < 1.29 is 4.79 Å². The van der Waals surface area contributed by atoms with Gasteiger partial charge in [0.2, 0.25) is 0 Å². The molecule has 0 heterocycles. The quantitative estimate of drug-likeness (QED) is 0.730. The second-order valence-corrected chi connectivity index (χ2v) is 4.43. The van der Waals surface area contributed by atoms with Crippen LogP contribution in [0, 0.1) is 4.91 Å². The predicted octanol–water partition coefficient (Wildman–Crippen LogP) is 3.21. The van der Waals surface area contributed by atoms with Crippen molar-refractivity contribution in [3.05, 3.63) is 40.3 Å². The van der Waals surface area contributed by atoms with Crippen LogP contribution >= 0.6 is 0 Å². The Bertz CT molecular complexity index is 397. The van der Waals surface area contributed by atoms with E-state index in [0.717, 1.165) is 24.0 Å². The lowest BCUT2D eigenvalue weighted by atomic mass is 9.80. The zero-order valence-electron chi connectivity index (χ0n) is 9.99. The molecule has 0 spiro atoms. The molecule has 3 nitrogen and oxygen atoms in total. The van der Waals surface area contributed by atoms with E-state index in [1.54, 1.807) is 13.8 Å². The monoisotopic (exact) mass is 219 g/mol. The van der Waals surface area contributed by atoms with Crippen LogP contribution in [0.2, 0.25) is 0 Å². The van der Waals surface area contributed by atoms with E-state index in [1.807, 2.05) is 24.3 Å². The third-order valence-electron chi connectivity index (χ3n) is 2.83. The third-order valence-corrected chi connectivity index (χ3v) is 2.83. The van der Waals surface area contributed by atoms with Crippen molar-refractivity contribution >= 4 is 5.91 Å². The first-order valence-corrected chi connectivity index (χ1v) is 5.50. The summed E-state index contributed by atoms with van der Waals surface area (Å²) in [5.74, 6) is -0.615. The number of amides is 1. The standard InChI is InChI=1S/C13H17NO2/c1-4-7-10-8-5-6-9-11(10)13(2,3)12(15)14-16/h5-6,8-9H,4,7H2,1-3H3. The molecule has 0 N–H and O–H groups in total. The summed E-state index contributed by atoms with van der Waals surface area (Å²) in [5, 5.41) is 2.55. The Labute approximate surface area is 95.8 Å². The van der Waals surface area contributed by atoms with Gasteiger partial charge in [-0.15, -0.1) is 4.91 Å². The van der Waals surface area contributed by atoms with E-state index in [1.165, 1.54) is 0 Å². The Balaban J connectivity index is 3.20. The zero-order valence-corrected chi connectivity index (χ0v) is 9.99. The summed E-state index contributed by atoms with van der Waals surface area (Å²) in [5.41, 5.74) is 1.20. The van der Waals surface area contributed by atoms with Crippen LogP contribution in [0.5, 0.6) is 0 Å². The van der Waals surface area contributed by atoms with Gasteiger partial charge in [-0.3, -0.25) is 4.79 Å². The predicted molar refractivity (Wildman–Crippen MR) is 64.3 cm³/mol. The van der Waals surface area contributed by atoms with Crippen LogP contribution in [0.15, 0.2) is 29.4 Å². The number of benzene rings is 1. The molecule has 0 saturated carbocycles. The number of rotatable bonds is 4. The van der Waals surface area contributed by atoms with Gasteiger partial charge in [0, 0.05) is 5.18 Å². The number of aryl methyl sites for hydroxylation is 1. The molecular formula is C13H17NO2. The topological polar surface area (TPSA) is 46.5 Å². The van der Waals surface area contributed by atoms with Gasteiger partial charge in [0.25, 0.3) is 5.91 Å². The Hall–Kier alpha value is -1.51. The maximum absolute atomic E-state index is 11.5. The zero-order chi connectivity index (χ0) is 12.2. The average Bonchev–Trinajstić information content (AvgIpc) is 2.29. The van der Waals surface area contributed by atoms with E-state index >= 15 is 0 Å². The van der Waals surface area contributed by atoms with Gasteiger partial charge in [0.1, 0.15) is 0 Å². The summed E-state index contributed by atoms with van der Waals surface area (Å²) in [6.45, 7) is 5.57. The highest BCUT2D eigenvalue weighted by molar-refractivity contribution is 5.88. The molecule has 0 unspecified atom stereocenters. The maximum atomic E-state index is 11.5. The van der Waals surface area contributed by atoms with Gasteiger partial charge in [-0.25, -0.2) is 0 Å². The van der Waals surface area contributed by atoms with Gasteiger partial charge in [-0.2, -0.15) is 0 Å². The summed E-state index contributed by atoms with van der Waals surface area (Å²) < 4.78 is 0. The summed E-state index contributed by atoms with van der Waals surface area (Å²) >= 11 is 0. The minimum atomic E-state index is -0.826. The molecule has 1 amide bonds. The summed E-state index contributed by atoms with van der Waals surface area (Å²) in [4.78, 5) is 21.9. The first-order chi connectivity index (χ1) is 7.54. The molecule has 0 atom stereocenters. The van der Waals surface area contributed by atoms with Gasteiger partial charge < -0.3 is 0 Å². The molecule has 16 heavy (non-hydrogen) atoms. The largest absolute Gasteiger partial charge is 0.296 e. The van der Waals surface area contributed by atoms with Crippen LogP contribution in [0.1, 0.15) is 38.3 Å². The van der Waals surface area contributed by atoms with E-state index < -0.39 is 11.3 Å². The second kappa shape index (κ2) is 5.01. The smallest absolute Gasteiger partial charge is 0.268 e. The maximum Gasteiger partial charge on any atom is 0.296 e. The van der Waals surface area contributed by atoms with Crippen molar-refractivity contribution in [1.82, 2.24) is 0 Å². The summed E-state index contributed by atoms with van der Waals surface area (Å²) in [7, 11) is 0. The highest BCUT2D eigenvalue weighted by atomic mass is 16.3. The summed E-state index contributed by atoms with van der Waals surface area (Å²) in [6, 6.07) is 7.73. The molecule has 0 bridgehead atoms. The Morgan fingerprint density at radius 1 is 1.31 bits per heavy atom. The first-order valence-electron chi connectivity index (χ1n) is 5.50. The van der Waals surface area contributed by atoms with Crippen LogP contribution in [-0.2, 0) is 16.6 Å². The minimum Gasteiger partial charge on any atom is -0.268 e. The Kier molecular flexibility index (Phi) is 3.93. The number of hydrogen-bond donors (Lipinski definition) is 0. The molecule has 0 aromatic heterocycles. The van der Waals surface area contributed by atoms with Crippen molar-refractivity contribution in [3.8, 4) is 0 Å². The van der Waals surface area contributed by atoms with E-state index in [-0.39, 0.29) is 0 Å². The molecule has 0 fully saturated rings. The van der Waals surface area contributed by atoms with Gasteiger partial charge in [-0.1, -0.05) is 37.6 Å². The molecule has 1 aromatic carbocycles. The molecule has 1 rings (SSSR count). The average molecular weight is 219 g/mol. The molecule has 0 aliphatic rings. The molecule has 3 heteroatoms. The van der Waals surface area contributed by atoms with Crippen LogP contribution in [0.4, 0.5) is 0 Å². The summed E-state index contributed by atoms with van der Waals surface area (Å²) in [6.07, 6.45) is 1.92. The highest BCUT2D eigenvalue weighted by Gasteiger charge is 2.32. The SMILES string of the molecule is CCCc1ccccc1C(C)(C)C(=O)N=O. The van der Waals surface area contributed by atoms with Crippen molar-refractivity contribution in [3.63, 3.8) is 0 Å². The number of carbonyl (C=O) groups excluding carboxylic acids is 1. The number of hydrogen-bond acceptors (Lipinski definition) is 2. The molecule has 0 saturated heterocycles. The molecule has 86 valence electrons. The number of carbonyl (C=O) groups is 1. The molecule has 0 aliphatic heterocycles. The van der Waals surface area contributed by atoms with E-state index in [0.29, 0.717) is 0 Å². The fourth-order valence-electron chi connectivity index (χ4n) is 1.85. The lowest BCUT2D eigenvalue weighted by Gasteiger charge is -2.22. The van der Waals surface area contributed by atoms with Gasteiger partial charge >= 0.3 is 0 Å². The second-order valence-electron chi connectivity index (χ2n) is 4.43. The van der Waals surface area contributed by atoms with Crippen molar-refractivity contribution in [2.75, 3.05) is 0 Å². The van der Waals surface area contributed by atoms with Crippen LogP contribution in [-0.4, -0.2) is 5.91 Å².